The average molecular weight is 185 g/mol. The molecule has 0 aliphatic rings. The van der Waals surface area contributed by atoms with Gasteiger partial charge in [0.2, 0.25) is 0 Å². The summed E-state index contributed by atoms with van der Waals surface area (Å²) >= 11 is 0. The molecule has 0 rings (SSSR count). The molecule has 0 spiro atoms. The Bertz CT molecular complexity index is 187. The van der Waals surface area contributed by atoms with E-state index in [1.54, 1.807) is 13.8 Å². The third-order valence-corrected chi connectivity index (χ3v) is 2.38. The van der Waals surface area contributed by atoms with Gasteiger partial charge in [0, 0.05) is 0 Å². The molecule has 1 N–H and O–H groups in total. The molecule has 76 valence electrons. The molecule has 0 radical (unpaired) electrons. The van der Waals surface area contributed by atoms with Gasteiger partial charge < -0.3 is 5.11 Å². The smallest absolute Gasteiger partial charge is 0.323 e. The molecule has 0 heterocycles. The summed E-state index contributed by atoms with van der Waals surface area (Å²) in [6, 6.07) is 0. The molecule has 3 heteroatoms. The number of unbranched alkanes of at least 4 members (excludes halogenated alkanes) is 1. The summed E-state index contributed by atoms with van der Waals surface area (Å²) in [6.45, 7) is 7.83. The van der Waals surface area contributed by atoms with Gasteiger partial charge in [-0.2, -0.15) is 0 Å². The fraction of sp³-hybridized carbons (Fsp3) is 0.700. The van der Waals surface area contributed by atoms with Gasteiger partial charge in [-0.05, 0) is 40.3 Å². The van der Waals surface area contributed by atoms with Crippen LogP contribution in [0.4, 0.5) is 0 Å². The zero-order valence-electron chi connectivity index (χ0n) is 8.71. The summed E-state index contributed by atoms with van der Waals surface area (Å²) in [6.07, 6.45) is 3.73. The molecule has 0 aromatic heterocycles. The third kappa shape index (κ3) is 3.59. The average Bonchev–Trinajstić information content (AvgIpc) is 2.04. The number of aliphatic carboxylic acids is 1. The van der Waals surface area contributed by atoms with Crippen molar-refractivity contribution < 1.29 is 9.90 Å². The normalized spacial score (nSPS) is 11.7. The van der Waals surface area contributed by atoms with Crippen LogP contribution in [-0.2, 0) is 4.79 Å². The van der Waals surface area contributed by atoms with Gasteiger partial charge in [-0.15, -0.1) is 6.58 Å². The topological polar surface area (TPSA) is 40.5 Å². The summed E-state index contributed by atoms with van der Waals surface area (Å²) in [4.78, 5) is 12.7. The number of hydrogen-bond donors (Lipinski definition) is 1. The Hall–Kier alpha value is -0.830. The largest absolute Gasteiger partial charge is 0.480 e. The van der Waals surface area contributed by atoms with Gasteiger partial charge in [0.05, 0.1) is 0 Å². The quantitative estimate of drug-likeness (QED) is 0.506. The lowest BCUT2D eigenvalue weighted by Crippen LogP contribution is -2.48. The highest BCUT2D eigenvalue weighted by Crippen LogP contribution is 2.12. The highest BCUT2D eigenvalue weighted by atomic mass is 16.4. The zero-order chi connectivity index (χ0) is 10.5. The van der Waals surface area contributed by atoms with Gasteiger partial charge in [0.15, 0.2) is 0 Å². The Kier molecular flexibility index (Phi) is 4.70. The second-order valence-electron chi connectivity index (χ2n) is 3.72. The van der Waals surface area contributed by atoms with E-state index >= 15 is 0 Å². The minimum atomic E-state index is -0.784. The molecular formula is C10H19NO2. The highest BCUT2D eigenvalue weighted by molar-refractivity contribution is 5.77. The van der Waals surface area contributed by atoms with Crippen molar-refractivity contribution in [3.05, 3.63) is 12.7 Å². The zero-order valence-corrected chi connectivity index (χ0v) is 8.71. The molecule has 0 amide bonds. The lowest BCUT2D eigenvalue weighted by molar-refractivity contribution is -0.148. The molecule has 0 aliphatic carbocycles. The molecular weight excluding hydrogens is 166 g/mol. The molecule has 0 aliphatic heterocycles. The Morgan fingerprint density at radius 2 is 2.15 bits per heavy atom. The van der Waals surface area contributed by atoms with E-state index in [0.29, 0.717) is 0 Å². The number of carbonyl (C=O) groups is 1. The van der Waals surface area contributed by atoms with Crippen LogP contribution in [0.25, 0.3) is 0 Å². The molecule has 0 saturated heterocycles. The van der Waals surface area contributed by atoms with E-state index in [9.17, 15) is 4.79 Å². The van der Waals surface area contributed by atoms with Crippen molar-refractivity contribution in [2.24, 2.45) is 0 Å². The summed E-state index contributed by atoms with van der Waals surface area (Å²) in [5.74, 6) is -0.784. The van der Waals surface area contributed by atoms with Crippen LogP contribution in [0.15, 0.2) is 12.7 Å². The molecule has 0 aromatic carbocycles. The molecule has 0 bridgehead atoms. The highest BCUT2D eigenvalue weighted by Gasteiger charge is 2.31. The van der Waals surface area contributed by atoms with Crippen LogP contribution in [0.5, 0.6) is 0 Å². The van der Waals surface area contributed by atoms with Gasteiger partial charge >= 0.3 is 5.97 Å². The predicted octanol–water partition coefficient (Wildman–Crippen LogP) is 1.75. The Balaban J connectivity index is 4.01. The fourth-order valence-corrected chi connectivity index (χ4v) is 0.916. The van der Waals surface area contributed by atoms with E-state index in [1.165, 1.54) is 0 Å². The Labute approximate surface area is 80.0 Å². The molecule has 3 nitrogen and oxygen atoms in total. The first-order valence-electron chi connectivity index (χ1n) is 4.48. The van der Waals surface area contributed by atoms with E-state index in [4.69, 9.17) is 5.11 Å². The van der Waals surface area contributed by atoms with Crippen LogP contribution < -0.4 is 0 Å². The number of rotatable bonds is 6. The van der Waals surface area contributed by atoms with Crippen molar-refractivity contribution in [3.8, 4) is 0 Å². The monoisotopic (exact) mass is 185 g/mol. The summed E-state index contributed by atoms with van der Waals surface area (Å²) in [5, 5.41) is 8.91. The third-order valence-electron chi connectivity index (χ3n) is 2.38. The number of hydrogen-bond acceptors (Lipinski definition) is 2. The van der Waals surface area contributed by atoms with Crippen molar-refractivity contribution in [2.45, 2.75) is 32.2 Å². The lowest BCUT2D eigenvalue weighted by atomic mass is 10.0. The summed E-state index contributed by atoms with van der Waals surface area (Å²) < 4.78 is 0. The lowest BCUT2D eigenvalue weighted by Gasteiger charge is -2.31. The first-order valence-corrected chi connectivity index (χ1v) is 4.48. The van der Waals surface area contributed by atoms with E-state index in [-0.39, 0.29) is 0 Å². The Morgan fingerprint density at radius 1 is 1.62 bits per heavy atom. The van der Waals surface area contributed by atoms with E-state index in [0.717, 1.165) is 19.4 Å². The second-order valence-corrected chi connectivity index (χ2v) is 3.72. The minimum absolute atomic E-state index is 0.777. The van der Waals surface area contributed by atoms with Gasteiger partial charge in [-0.25, -0.2) is 0 Å². The molecule has 0 unspecified atom stereocenters. The molecule has 13 heavy (non-hydrogen) atoms. The van der Waals surface area contributed by atoms with Crippen LogP contribution in [0.2, 0.25) is 0 Å². The molecule has 0 fully saturated rings. The molecule has 0 aromatic rings. The van der Waals surface area contributed by atoms with Crippen LogP contribution in [0.1, 0.15) is 26.7 Å². The Morgan fingerprint density at radius 3 is 2.54 bits per heavy atom. The number of carboxylic acids is 1. The van der Waals surface area contributed by atoms with Crippen molar-refractivity contribution >= 4 is 5.97 Å². The van der Waals surface area contributed by atoms with Gasteiger partial charge in [0.25, 0.3) is 0 Å². The van der Waals surface area contributed by atoms with Gasteiger partial charge in [-0.1, -0.05) is 6.08 Å². The fourth-order valence-electron chi connectivity index (χ4n) is 0.916. The first-order chi connectivity index (χ1) is 5.92. The SMILES string of the molecule is C=CCCCN(C)C(C)(C)C(=O)O. The standard InChI is InChI=1S/C10H19NO2/c1-5-6-7-8-11(4)10(2,3)9(12)13/h5H,1,6-8H2,2-4H3,(H,12,13). The summed E-state index contributed by atoms with van der Waals surface area (Å²) in [7, 11) is 1.83. The number of allylic oxidation sites excluding steroid dienone is 1. The molecule has 0 saturated carbocycles. The van der Waals surface area contributed by atoms with E-state index in [2.05, 4.69) is 6.58 Å². The van der Waals surface area contributed by atoms with Gasteiger partial charge in [0.1, 0.15) is 5.54 Å². The van der Waals surface area contributed by atoms with Gasteiger partial charge in [-0.3, -0.25) is 9.69 Å². The predicted molar refractivity (Wildman–Crippen MR) is 53.8 cm³/mol. The minimum Gasteiger partial charge on any atom is -0.480 e. The second kappa shape index (κ2) is 5.02. The number of nitrogens with zero attached hydrogens (tertiary/aromatic N) is 1. The maximum absolute atomic E-state index is 10.8. The van der Waals surface area contributed by atoms with Crippen LogP contribution in [-0.4, -0.2) is 35.1 Å². The molecule has 0 atom stereocenters. The van der Waals surface area contributed by atoms with E-state index in [1.807, 2.05) is 18.0 Å². The van der Waals surface area contributed by atoms with Crippen LogP contribution in [0, 0.1) is 0 Å². The van der Waals surface area contributed by atoms with Crippen molar-refractivity contribution in [1.82, 2.24) is 4.90 Å². The van der Waals surface area contributed by atoms with Crippen molar-refractivity contribution in [1.29, 1.82) is 0 Å². The maximum Gasteiger partial charge on any atom is 0.323 e. The van der Waals surface area contributed by atoms with E-state index < -0.39 is 11.5 Å². The van der Waals surface area contributed by atoms with Crippen LogP contribution in [0.3, 0.4) is 0 Å². The van der Waals surface area contributed by atoms with Crippen molar-refractivity contribution in [2.75, 3.05) is 13.6 Å². The number of likely N-dealkylation sites (N-methyl/N-ethyl adjacent to an activating group) is 1. The number of carboxylic acid groups (broad SMARTS) is 1. The summed E-state index contributed by atoms with van der Waals surface area (Å²) in [5.41, 5.74) is -0.777. The van der Waals surface area contributed by atoms with Crippen molar-refractivity contribution in [3.63, 3.8) is 0 Å². The van der Waals surface area contributed by atoms with Crippen LogP contribution >= 0.6 is 0 Å². The maximum atomic E-state index is 10.8. The first kappa shape index (κ1) is 12.2.